The maximum absolute atomic E-state index is 5.19. The molecule has 0 amide bonds. The molecule has 0 fully saturated rings. The Morgan fingerprint density at radius 3 is 1.65 bits per heavy atom. The van der Waals surface area contributed by atoms with Crippen LogP contribution in [0.4, 0.5) is 17.1 Å². The van der Waals surface area contributed by atoms with E-state index in [2.05, 4.69) is 222 Å². The summed E-state index contributed by atoms with van der Waals surface area (Å²) < 4.78 is 2.37. The molecule has 4 heteroatoms. The van der Waals surface area contributed by atoms with E-state index in [9.17, 15) is 0 Å². The summed E-state index contributed by atoms with van der Waals surface area (Å²) in [4.78, 5) is 12.7. The molecule has 60 heavy (non-hydrogen) atoms. The Balaban J connectivity index is 1.11. The van der Waals surface area contributed by atoms with Crippen molar-refractivity contribution < 1.29 is 0 Å². The van der Waals surface area contributed by atoms with Gasteiger partial charge in [0.2, 0.25) is 0 Å². The minimum absolute atomic E-state index is 0.693. The fourth-order valence-electron chi connectivity index (χ4n) is 8.55. The van der Waals surface area contributed by atoms with Gasteiger partial charge in [-0.05, 0) is 95.6 Å². The Labute approximate surface area is 348 Å². The van der Waals surface area contributed by atoms with E-state index < -0.39 is 0 Å². The van der Waals surface area contributed by atoms with Crippen molar-refractivity contribution in [2.24, 2.45) is 0 Å². The van der Waals surface area contributed by atoms with Crippen LogP contribution in [0.15, 0.2) is 231 Å². The number of fused-ring (bicyclic) bond motifs is 4. The van der Waals surface area contributed by atoms with Crippen LogP contribution in [-0.4, -0.2) is 14.5 Å². The van der Waals surface area contributed by atoms with Gasteiger partial charge in [-0.1, -0.05) is 152 Å². The Kier molecular flexibility index (Phi) is 8.79. The lowest BCUT2D eigenvalue weighted by Gasteiger charge is -2.29. The van der Waals surface area contributed by atoms with Gasteiger partial charge in [0.25, 0.3) is 0 Å². The van der Waals surface area contributed by atoms with E-state index in [4.69, 9.17) is 9.97 Å². The minimum atomic E-state index is 0.693. The van der Waals surface area contributed by atoms with Crippen molar-refractivity contribution in [1.29, 1.82) is 0 Å². The van der Waals surface area contributed by atoms with E-state index in [1.54, 1.807) is 0 Å². The summed E-state index contributed by atoms with van der Waals surface area (Å²) in [6, 6.07) is 81.7. The first-order chi connectivity index (χ1) is 29.8. The van der Waals surface area contributed by atoms with Crippen molar-refractivity contribution in [2.75, 3.05) is 4.90 Å². The smallest absolute Gasteiger partial charge is 0.160 e. The molecular weight excluding hydrogens is 729 g/mol. The third-order valence-corrected chi connectivity index (χ3v) is 11.4. The number of hydrogen-bond acceptors (Lipinski definition) is 3. The first kappa shape index (κ1) is 35.1. The van der Waals surface area contributed by atoms with Crippen LogP contribution < -0.4 is 4.90 Å². The van der Waals surface area contributed by atoms with Gasteiger partial charge in [-0.2, -0.15) is 0 Å². The molecule has 0 atom stereocenters. The van der Waals surface area contributed by atoms with E-state index in [-0.39, 0.29) is 0 Å². The molecular formula is C56H38N4. The average Bonchev–Trinajstić information content (AvgIpc) is 3.66. The number of hydrogen-bond donors (Lipinski definition) is 0. The molecule has 4 nitrogen and oxygen atoms in total. The molecule has 9 aromatic carbocycles. The zero-order valence-electron chi connectivity index (χ0n) is 32.7. The molecule has 0 aliphatic rings. The Morgan fingerprint density at radius 2 is 0.917 bits per heavy atom. The summed E-state index contributed by atoms with van der Waals surface area (Å²) in [7, 11) is 0. The molecule has 0 radical (unpaired) electrons. The lowest BCUT2D eigenvalue weighted by molar-refractivity contribution is 1.18. The number of rotatable bonds is 8. The second-order valence-corrected chi connectivity index (χ2v) is 15.0. The van der Waals surface area contributed by atoms with Gasteiger partial charge in [0.05, 0.1) is 27.9 Å². The van der Waals surface area contributed by atoms with Gasteiger partial charge >= 0.3 is 0 Å². The second-order valence-electron chi connectivity index (χ2n) is 15.0. The monoisotopic (exact) mass is 766 g/mol. The lowest BCUT2D eigenvalue weighted by atomic mass is 9.96. The first-order valence-electron chi connectivity index (χ1n) is 20.3. The van der Waals surface area contributed by atoms with Crippen LogP contribution in [0.5, 0.6) is 0 Å². The predicted octanol–water partition coefficient (Wildman–Crippen LogP) is 14.9. The zero-order chi connectivity index (χ0) is 39.8. The van der Waals surface area contributed by atoms with Crippen molar-refractivity contribution in [2.45, 2.75) is 0 Å². The van der Waals surface area contributed by atoms with Gasteiger partial charge < -0.3 is 9.47 Å². The van der Waals surface area contributed by atoms with Crippen molar-refractivity contribution in [1.82, 2.24) is 14.5 Å². The van der Waals surface area contributed by atoms with Gasteiger partial charge in [0.15, 0.2) is 5.82 Å². The van der Waals surface area contributed by atoms with Gasteiger partial charge in [-0.3, -0.25) is 0 Å². The van der Waals surface area contributed by atoms with Gasteiger partial charge in [0.1, 0.15) is 0 Å². The minimum Gasteiger partial charge on any atom is -0.310 e. The van der Waals surface area contributed by atoms with Gasteiger partial charge in [-0.25, -0.2) is 9.97 Å². The third-order valence-electron chi connectivity index (χ3n) is 11.4. The fourth-order valence-corrected chi connectivity index (χ4v) is 8.55. The van der Waals surface area contributed by atoms with Crippen LogP contribution in [0.2, 0.25) is 0 Å². The standard InChI is InChI=1S/C56H38N4/c1-5-17-39(18-6-1)43-31-35-53(49(37-43)40-19-7-2-8-20-40)59(46-34-36-54-50(38-46)47-25-14-16-28-52(47)60(54)44-23-11-4-12-24-44)45-32-29-42(30-33-45)56-57-51-27-15-13-26-48(51)55(58-56)41-21-9-3-10-22-41/h1-38H. The summed E-state index contributed by atoms with van der Waals surface area (Å²) in [5, 5.41) is 3.43. The summed E-state index contributed by atoms with van der Waals surface area (Å²) in [6.07, 6.45) is 0. The highest BCUT2D eigenvalue weighted by atomic mass is 15.1. The van der Waals surface area contributed by atoms with E-state index in [1.807, 2.05) is 18.2 Å². The van der Waals surface area contributed by atoms with Crippen LogP contribution >= 0.6 is 0 Å². The summed E-state index contributed by atoms with van der Waals surface area (Å²) in [6.45, 7) is 0. The predicted molar refractivity (Wildman–Crippen MR) is 250 cm³/mol. The van der Waals surface area contributed by atoms with Crippen molar-refractivity contribution in [3.05, 3.63) is 231 Å². The van der Waals surface area contributed by atoms with Crippen LogP contribution in [0.25, 0.3) is 83.3 Å². The third kappa shape index (κ3) is 6.28. The quantitative estimate of drug-likeness (QED) is 0.154. The molecule has 0 saturated heterocycles. The van der Waals surface area contributed by atoms with E-state index in [0.717, 1.165) is 72.7 Å². The average molecular weight is 767 g/mol. The molecule has 0 spiro atoms. The molecule has 0 saturated carbocycles. The van der Waals surface area contributed by atoms with Crippen molar-refractivity contribution >= 4 is 49.8 Å². The number of aromatic nitrogens is 3. The number of anilines is 3. The topological polar surface area (TPSA) is 34.0 Å². The van der Waals surface area contributed by atoms with Gasteiger partial charge in [0, 0.05) is 49.9 Å². The fraction of sp³-hybridized carbons (Fsp3) is 0. The maximum atomic E-state index is 5.19. The highest BCUT2D eigenvalue weighted by Crippen LogP contribution is 2.45. The van der Waals surface area contributed by atoms with Crippen LogP contribution in [-0.2, 0) is 0 Å². The molecule has 2 heterocycles. The zero-order valence-corrected chi connectivity index (χ0v) is 32.7. The first-order valence-corrected chi connectivity index (χ1v) is 20.3. The molecule has 0 aliphatic heterocycles. The SMILES string of the molecule is c1ccc(-c2ccc(N(c3ccc(-c4nc(-c5ccccc5)c5ccccc5n4)cc3)c3ccc4c(c3)c3ccccc3n4-c3ccccc3)c(-c3ccccc3)c2)cc1. The molecule has 2 aromatic heterocycles. The van der Waals surface area contributed by atoms with Crippen molar-refractivity contribution in [3.8, 4) is 50.6 Å². The largest absolute Gasteiger partial charge is 0.310 e. The van der Waals surface area contributed by atoms with Gasteiger partial charge in [-0.15, -0.1) is 0 Å². The van der Waals surface area contributed by atoms with E-state index in [0.29, 0.717) is 5.82 Å². The summed E-state index contributed by atoms with van der Waals surface area (Å²) >= 11 is 0. The Morgan fingerprint density at radius 1 is 0.350 bits per heavy atom. The molecule has 0 N–H and O–H groups in total. The number of para-hydroxylation sites is 3. The normalized spacial score (nSPS) is 11.3. The van der Waals surface area contributed by atoms with E-state index in [1.165, 1.54) is 21.9 Å². The number of benzene rings is 9. The highest BCUT2D eigenvalue weighted by Gasteiger charge is 2.21. The maximum Gasteiger partial charge on any atom is 0.160 e. The summed E-state index contributed by atoms with van der Waals surface area (Å²) in [5.74, 6) is 0.693. The molecule has 11 rings (SSSR count). The Hall–Kier alpha value is -8.08. The molecule has 0 unspecified atom stereocenters. The van der Waals surface area contributed by atoms with Crippen LogP contribution in [0, 0.1) is 0 Å². The highest BCUT2D eigenvalue weighted by molar-refractivity contribution is 6.11. The second kappa shape index (κ2) is 15.0. The van der Waals surface area contributed by atoms with Crippen molar-refractivity contribution in [3.63, 3.8) is 0 Å². The molecule has 0 bridgehead atoms. The summed E-state index contributed by atoms with van der Waals surface area (Å²) in [5.41, 5.74) is 15.1. The van der Waals surface area contributed by atoms with Crippen LogP contribution in [0.1, 0.15) is 0 Å². The van der Waals surface area contributed by atoms with E-state index >= 15 is 0 Å². The molecule has 0 aliphatic carbocycles. The lowest BCUT2D eigenvalue weighted by Crippen LogP contribution is -2.11. The Bertz CT molecular complexity index is 3290. The number of nitrogens with zero attached hydrogens (tertiary/aromatic N) is 4. The van der Waals surface area contributed by atoms with Crippen LogP contribution in [0.3, 0.4) is 0 Å². The molecule has 11 aromatic rings. The molecule has 282 valence electrons.